The van der Waals surface area contributed by atoms with E-state index in [9.17, 15) is 9.59 Å². The summed E-state index contributed by atoms with van der Waals surface area (Å²) < 4.78 is 8.88. The van der Waals surface area contributed by atoms with Crippen LogP contribution < -0.4 is 5.73 Å². The highest BCUT2D eigenvalue weighted by Gasteiger charge is 2.41. The fourth-order valence-electron chi connectivity index (χ4n) is 1.50. The van der Waals surface area contributed by atoms with Gasteiger partial charge in [-0.25, -0.2) is 9.59 Å². The van der Waals surface area contributed by atoms with Crippen LogP contribution in [0.15, 0.2) is 0 Å². The molecule has 0 aromatic rings. The van der Waals surface area contributed by atoms with E-state index in [2.05, 4.69) is 9.47 Å². The topological polar surface area (TPSA) is 119 Å². The van der Waals surface area contributed by atoms with Crippen LogP contribution in [0.3, 0.4) is 0 Å². The number of hydrogen-bond acceptors (Lipinski definition) is 5. The molecule has 1 fully saturated rings. The smallest absolute Gasteiger partial charge is 0.450 e. The molecule has 0 amide bonds. The average Bonchev–Trinajstić information content (AvgIpc) is 2.28. The molecule has 0 spiro atoms. The normalized spacial score (nSPS) is 31.1. The minimum Gasteiger partial charge on any atom is -0.450 e. The van der Waals surface area contributed by atoms with Crippen LogP contribution in [0.2, 0.25) is 0 Å². The molecule has 0 radical (unpaired) electrons. The summed E-state index contributed by atoms with van der Waals surface area (Å²) in [6.07, 6.45) is -2.76. The van der Waals surface area contributed by atoms with E-state index in [0.29, 0.717) is 6.42 Å². The van der Waals surface area contributed by atoms with Crippen molar-refractivity contribution in [3.63, 3.8) is 0 Å². The predicted molar refractivity (Wildman–Crippen MR) is 42.8 cm³/mol. The Labute approximate surface area is 79.4 Å². The molecule has 7 nitrogen and oxygen atoms in total. The van der Waals surface area contributed by atoms with Gasteiger partial charge in [-0.05, 0) is 6.42 Å². The molecule has 80 valence electrons. The Balaban J connectivity index is 2.46. The lowest BCUT2D eigenvalue weighted by molar-refractivity contribution is -0.0216. The fourth-order valence-corrected chi connectivity index (χ4v) is 1.50. The van der Waals surface area contributed by atoms with Crippen LogP contribution in [0.1, 0.15) is 19.3 Å². The minimum atomic E-state index is -1.47. The highest BCUT2D eigenvalue weighted by atomic mass is 16.7. The molecule has 0 aromatic carbocycles. The lowest BCUT2D eigenvalue weighted by Crippen LogP contribution is -2.42. The van der Waals surface area contributed by atoms with E-state index >= 15 is 0 Å². The Bertz CT molecular complexity index is 255. The standard InChI is InChI=1S/C7H11NO6/c8-7(14-6(11)12)2-1-4(3-7)13-5(9)10/h4H,1-3,8H2,(H,9,10)(H,11,12)/t4-,7+/m0/s1. The molecule has 0 heterocycles. The average molecular weight is 205 g/mol. The summed E-state index contributed by atoms with van der Waals surface area (Å²) in [7, 11) is 0. The summed E-state index contributed by atoms with van der Waals surface area (Å²) in [5.41, 5.74) is 4.24. The molecule has 4 N–H and O–H groups in total. The van der Waals surface area contributed by atoms with E-state index in [-0.39, 0.29) is 12.8 Å². The van der Waals surface area contributed by atoms with Crippen molar-refractivity contribution in [2.75, 3.05) is 0 Å². The molecule has 7 heteroatoms. The van der Waals surface area contributed by atoms with Crippen molar-refractivity contribution in [3.8, 4) is 0 Å². The monoisotopic (exact) mass is 205 g/mol. The molecule has 0 saturated heterocycles. The summed E-state index contributed by atoms with van der Waals surface area (Å²) in [6.45, 7) is 0. The molecule has 0 aromatic heterocycles. The van der Waals surface area contributed by atoms with Crippen LogP contribution in [0.25, 0.3) is 0 Å². The third kappa shape index (κ3) is 2.77. The molecular formula is C7H11NO6. The zero-order valence-electron chi connectivity index (χ0n) is 7.30. The molecule has 0 aliphatic heterocycles. The van der Waals surface area contributed by atoms with E-state index in [1.165, 1.54) is 0 Å². The van der Waals surface area contributed by atoms with Gasteiger partial charge in [0.15, 0.2) is 5.72 Å². The number of carboxylic acid groups (broad SMARTS) is 2. The molecule has 0 bridgehead atoms. The predicted octanol–water partition coefficient (Wildman–Crippen LogP) is 0.583. The highest BCUT2D eigenvalue weighted by Crippen LogP contribution is 2.30. The van der Waals surface area contributed by atoms with Crippen molar-refractivity contribution < 1.29 is 29.3 Å². The third-order valence-corrected chi connectivity index (χ3v) is 2.02. The fraction of sp³-hybridized carbons (Fsp3) is 0.714. The van der Waals surface area contributed by atoms with Crippen molar-refractivity contribution in [2.24, 2.45) is 5.73 Å². The largest absolute Gasteiger partial charge is 0.507 e. The first-order valence-electron chi connectivity index (χ1n) is 4.02. The quantitative estimate of drug-likeness (QED) is 0.445. The maximum atomic E-state index is 10.2. The Morgan fingerprint density at radius 3 is 2.50 bits per heavy atom. The van der Waals surface area contributed by atoms with Crippen LogP contribution in [-0.4, -0.2) is 34.4 Å². The van der Waals surface area contributed by atoms with E-state index in [4.69, 9.17) is 15.9 Å². The summed E-state index contributed by atoms with van der Waals surface area (Å²) >= 11 is 0. The molecule has 0 unspecified atom stereocenters. The van der Waals surface area contributed by atoms with Gasteiger partial charge in [-0.15, -0.1) is 0 Å². The highest BCUT2D eigenvalue weighted by molar-refractivity contribution is 5.58. The first-order chi connectivity index (χ1) is 6.41. The van der Waals surface area contributed by atoms with Crippen molar-refractivity contribution in [1.82, 2.24) is 0 Å². The van der Waals surface area contributed by atoms with Crippen molar-refractivity contribution in [3.05, 3.63) is 0 Å². The van der Waals surface area contributed by atoms with E-state index in [1.807, 2.05) is 0 Å². The molecule has 1 aliphatic rings. The Morgan fingerprint density at radius 1 is 1.36 bits per heavy atom. The van der Waals surface area contributed by atoms with Crippen molar-refractivity contribution >= 4 is 12.3 Å². The van der Waals surface area contributed by atoms with Gasteiger partial charge in [0.25, 0.3) is 0 Å². The molecule has 2 atom stereocenters. The van der Waals surface area contributed by atoms with E-state index < -0.39 is 24.1 Å². The second-order valence-corrected chi connectivity index (χ2v) is 3.18. The first-order valence-corrected chi connectivity index (χ1v) is 4.02. The van der Waals surface area contributed by atoms with Crippen LogP contribution in [0, 0.1) is 0 Å². The number of ether oxygens (including phenoxy) is 2. The molecular weight excluding hydrogens is 194 g/mol. The zero-order valence-corrected chi connectivity index (χ0v) is 7.30. The van der Waals surface area contributed by atoms with Gasteiger partial charge in [-0.1, -0.05) is 0 Å². The van der Waals surface area contributed by atoms with Crippen molar-refractivity contribution in [1.29, 1.82) is 0 Å². The summed E-state index contributed by atoms with van der Waals surface area (Å²) in [6, 6.07) is 0. The van der Waals surface area contributed by atoms with Gasteiger partial charge in [0.05, 0.1) is 0 Å². The second-order valence-electron chi connectivity index (χ2n) is 3.18. The second kappa shape index (κ2) is 3.70. The number of hydrogen-bond donors (Lipinski definition) is 3. The van der Waals surface area contributed by atoms with Crippen LogP contribution in [0.4, 0.5) is 9.59 Å². The summed E-state index contributed by atoms with van der Waals surface area (Å²) in [5.74, 6) is 0. The van der Waals surface area contributed by atoms with Gasteiger partial charge in [0, 0.05) is 12.8 Å². The van der Waals surface area contributed by atoms with E-state index in [0.717, 1.165) is 0 Å². The number of rotatable bonds is 2. The minimum absolute atomic E-state index is 0.0611. The first kappa shape index (κ1) is 10.6. The van der Waals surface area contributed by atoms with Gasteiger partial charge >= 0.3 is 12.3 Å². The van der Waals surface area contributed by atoms with Gasteiger partial charge in [0.1, 0.15) is 6.10 Å². The van der Waals surface area contributed by atoms with E-state index in [1.54, 1.807) is 0 Å². The molecule has 1 saturated carbocycles. The number of nitrogens with two attached hydrogens (primary N) is 1. The summed E-state index contributed by atoms with van der Waals surface area (Å²) in [4.78, 5) is 20.4. The van der Waals surface area contributed by atoms with Crippen LogP contribution in [-0.2, 0) is 9.47 Å². The Hall–Kier alpha value is -1.50. The molecule has 1 rings (SSSR count). The number of carbonyl (C=O) groups is 2. The SMILES string of the molecule is N[C@@]1(OC(=O)O)CC[C@H](OC(=O)O)C1. The van der Waals surface area contributed by atoms with Gasteiger partial charge < -0.3 is 19.7 Å². The Morgan fingerprint density at radius 2 is 2.00 bits per heavy atom. The maximum absolute atomic E-state index is 10.2. The van der Waals surface area contributed by atoms with Gasteiger partial charge in [-0.2, -0.15) is 0 Å². The molecule has 1 aliphatic carbocycles. The van der Waals surface area contributed by atoms with Crippen LogP contribution in [0.5, 0.6) is 0 Å². The maximum Gasteiger partial charge on any atom is 0.507 e. The lowest BCUT2D eigenvalue weighted by atomic mass is 10.2. The third-order valence-electron chi connectivity index (χ3n) is 2.02. The van der Waals surface area contributed by atoms with Crippen molar-refractivity contribution in [2.45, 2.75) is 31.1 Å². The van der Waals surface area contributed by atoms with Crippen LogP contribution >= 0.6 is 0 Å². The Kier molecular flexibility index (Phi) is 2.80. The van der Waals surface area contributed by atoms with Gasteiger partial charge in [0.2, 0.25) is 0 Å². The molecule has 14 heavy (non-hydrogen) atoms. The van der Waals surface area contributed by atoms with Gasteiger partial charge in [-0.3, -0.25) is 5.73 Å². The lowest BCUT2D eigenvalue weighted by Gasteiger charge is -2.21. The zero-order chi connectivity index (χ0) is 10.8. The summed E-state index contributed by atoms with van der Waals surface area (Å²) in [5, 5.41) is 16.7.